The molecule has 0 amide bonds. The van der Waals surface area contributed by atoms with Crippen LogP contribution in [0.3, 0.4) is 0 Å². The number of halogens is 4. The van der Waals surface area contributed by atoms with Crippen LogP contribution in [0.25, 0.3) is 0 Å². The molecule has 0 fully saturated rings. The second-order valence-electron chi connectivity index (χ2n) is 10.1. The molecule has 3 unspecified atom stereocenters. The molecule has 1 aromatic heterocycles. The third-order valence-corrected chi connectivity index (χ3v) is 8.73. The van der Waals surface area contributed by atoms with E-state index in [1.807, 2.05) is 35.3 Å². The fourth-order valence-corrected chi connectivity index (χ4v) is 6.67. The quantitative estimate of drug-likeness (QED) is 0.389. The molecule has 3 heterocycles. The number of aliphatic imine (C=N–C) groups is 1. The fraction of sp³-hybridized carbons (Fsp3) is 0.393. The van der Waals surface area contributed by atoms with Gasteiger partial charge in [0.2, 0.25) is 0 Å². The van der Waals surface area contributed by atoms with Gasteiger partial charge in [0.1, 0.15) is 0 Å². The molecule has 0 radical (unpaired) electrons. The molecule has 5 aliphatic rings. The van der Waals surface area contributed by atoms with Gasteiger partial charge in [-0.2, -0.15) is 13.2 Å². The van der Waals surface area contributed by atoms with Crippen LogP contribution in [0.5, 0.6) is 0 Å². The topological polar surface area (TPSA) is 62.5 Å². The first-order valence-corrected chi connectivity index (χ1v) is 14.3. The zero-order valence-corrected chi connectivity index (χ0v) is 22.6. The molecule has 39 heavy (non-hydrogen) atoms. The normalized spacial score (nSPS) is 25.8. The molecule has 0 saturated heterocycles. The molecule has 6 nitrogen and oxygen atoms in total. The Labute approximate surface area is 233 Å². The lowest BCUT2D eigenvalue weighted by molar-refractivity contribution is -0.0887. The van der Waals surface area contributed by atoms with Gasteiger partial charge in [-0.25, -0.2) is 9.98 Å². The van der Waals surface area contributed by atoms with Crippen LogP contribution in [0.4, 0.5) is 13.2 Å². The van der Waals surface area contributed by atoms with E-state index >= 15 is 0 Å². The molecule has 204 valence electrons. The highest BCUT2D eigenvalue weighted by molar-refractivity contribution is 7.99. The molecule has 3 aliphatic carbocycles. The zero-order valence-electron chi connectivity index (χ0n) is 21.0. The van der Waals surface area contributed by atoms with E-state index in [0.29, 0.717) is 48.4 Å². The second kappa shape index (κ2) is 10.5. The average Bonchev–Trinajstić information content (AvgIpc) is 3.36. The van der Waals surface area contributed by atoms with Gasteiger partial charge < -0.3 is 10.2 Å². The third kappa shape index (κ3) is 5.41. The van der Waals surface area contributed by atoms with Gasteiger partial charge in [-0.15, -0.1) is 0 Å². The molecular weight excluding hydrogens is 547 g/mol. The van der Waals surface area contributed by atoms with Gasteiger partial charge in [-0.3, -0.25) is 9.36 Å². The van der Waals surface area contributed by atoms with Crippen molar-refractivity contribution < 1.29 is 13.2 Å². The summed E-state index contributed by atoms with van der Waals surface area (Å²) >= 11 is 7.79. The molecule has 0 spiro atoms. The second-order valence-corrected chi connectivity index (χ2v) is 11.5. The zero-order chi connectivity index (χ0) is 27.1. The number of rotatable bonds is 4. The van der Waals surface area contributed by atoms with E-state index in [2.05, 4.69) is 16.4 Å². The van der Waals surface area contributed by atoms with E-state index in [0.717, 1.165) is 35.2 Å². The van der Waals surface area contributed by atoms with E-state index in [-0.39, 0.29) is 11.6 Å². The highest BCUT2D eigenvalue weighted by atomic mass is 35.5. The molecule has 1 aromatic rings. The van der Waals surface area contributed by atoms with Crippen molar-refractivity contribution in [1.29, 1.82) is 0 Å². The Kier molecular flexibility index (Phi) is 7.09. The molecule has 1 N–H and O–H groups in total. The Balaban J connectivity index is 1.26. The molecule has 0 aromatic carbocycles. The van der Waals surface area contributed by atoms with Gasteiger partial charge >= 0.3 is 6.18 Å². The van der Waals surface area contributed by atoms with Gasteiger partial charge in [-0.1, -0.05) is 65.9 Å². The highest BCUT2D eigenvalue weighted by Gasteiger charge is 2.39. The Hall–Kier alpha value is -2.98. The number of alkyl halides is 3. The Bertz CT molecular complexity index is 1450. The molecular formula is C28H27ClF3N5OS. The lowest BCUT2D eigenvalue weighted by Crippen LogP contribution is -2.47. The molecule has 0 saturated carbocycles. The molecule has 3 atom stereocenters. The van der Waals surface area contributed by atoms with Crippen LogP contribution in [-0.4, -0.2) is 51.0 Å². The smallest absolute Gasteiger partial charge is 0.347 e. The van der Waals surface area contributed by atoms with Crippen molar-refractivity contribution in [2.24, 2.45) is 4.99 Å². The van der Waals surface area contributed by atoms with Gasteiger partial charge in [0.05, 0.1) is 41.5 Å². The number of allylic oxidation sites excluding steroid dienone is 9. The maximum absolute atomic E-state index is 14.0. The summed E-state index contributed by atoms with van der Waals surface area (Å²) in [7, 11) is 0. The minimum atomic E-state index is -4.40. The predicted molar refractivity (Wildman–Crippen MR) is 148 cm³/mol. The number of nitrogens with zero attached hydrogens (tertiary/aromatic N) is 4. The fourth-order valence-electron chi connectivity index (χ4n) is 5.39. The lowest BCUT2D eigenvalue weighted by atomic mass is 9.99. The summed E-state index contributed by atoms with van der Waals surface area (Å²) in [5.41, 5.74) is 1.74. The van der Waals surface area contributed by atoms with Crippen LogP contribution in [-0.2, 0) is 13.0 Å². The van der Waals surface area contributed by atoms with Crippen molar-refractivity contribution in [2.75, 3.05) is 12.3 Å². The predicted octanol–water partition coefficient (Wildman–Crippen LogP) is 5.35. The summed E-state index contributed by atoms with van der Waals surface area (Å²) in [6.07, 6.45) is 14.5. The number of aromatic nitrogens is 2. The first-order valence-electron chi connectivity index (χ1n) is 13.0. The van der Waals surface area contributed by atoms with Crippen molar-refractivity contribution in [3.8, 4) is 0 Å². The summed E-state index contributed by atoms with van der Waals surface area (Å²) in [5.74, 6) is 1.18. The molecule has 6 rings (SSSR count). The van der Waals surface area contributed by atoms with Crippen molar-refractivity contribution in [1.82, 2.24) is 19.8 Å². The van der Waals surface area contributed by atoms with Crippen molar-refractivity contribution in [3.05, 3.63) is 92.5 Å². The first kappa shape index (κ1) is 26.3. The van der Waals surface area contributed by atoms with Crippen LogP contribution in [0.15, 0.2) is 85.8 Å². The monoisotopic (exact) mass is 573 g/mol. The van der Waals surface area contributed by atoms with Crippen LogP contribution < -0.4 is 10.9 Å². The van der Waals surface area contributed by atoms with E-state index in [4.69, 9.17) is 16.6 Å². The molecule has 2 aliphatic heterocycles. The number of fused-ring (bicyclic) bond motifs is 2. The van der Waals surface area contributed by atoms with E-state index in [1.54, 1.807) is 16.3 Å². The number of hydrogen-bond acceptors (Lipinski definition) is 6. The van der Waals surface area contributed by atoms with Crippen molar-refractivity contribution in [2.45, 2.75) is 61.7 Å². The first-order chi connectivity index (χ1) is 18.8. The van der Waals surface area contributed by atoms with Crippen LogP contribution in [0, 0.1) is 0 Å². The number of thioether (sulfide) groups is 1. The average molecular weight is 574 g/mol. The van der Waals surface area contributed by atoms with E-state index in [9.17, 15) is 18.0 Å². The Morgan fingerprint density at radius 2 is 2.08 bits per heavy atom. The van der Waals surface area contributed by atoms with Crippen molar-refractivity contribution in [3.63, 3.8) is 0 Å². The largest absolute Gasteiger partial charge is 0.416 e. The summed E-state index contributed by atoms with van der Waals surface area (Å²) in [5, 5.41) is 4.66. The summed E-state index contributed by atoms with van der Waals surface area (Å²) in [6, 6.07) is -1.11. The van der Waals surface area contributed by atoms with Gasteiger partial charge in [-0.05, 0) is 37.0 Å². The van der Waals surface area contributed by atoms with Gasteiger partial charge in [0, 0.05) is 23.8 Å². The number of guanidine groups is 1. The Morgan fingerprint density at radius 3 is 2.85 bits per heavy atom. The van der Waals surface area contributed by atoms with E-state index in [1.165, 1.54) is 12.2 Å². The summed E-state index contributed by atoms with van der Waals surface area (Å²) in [4.78, 5) is 25.5. The number of hydrogen-bond donors (Lipinski definition) is 1. The van der Waals surface area contributed by atoms with Crippen LogP contribution in [0.1, 0.15) is 36.6 Å². The number of nitrogens with one attached hydrogen (secondary N) is 1. The van der Waals surface area contributed by atoms with Gasteiger partial charge in [0.15, 0.2) is 11.1 Å². The summed E-state index contributed by atoms with van der Waals surface area (Å²) < 4.78 is 41.4. The minimum absolute atomic E-state index is 0.0847. The van der Waals surface area contributed by atoms with Crippen LogP contribution >= 0.6 is 23.4 Å². The third-order valence-electron chi connectivity index (χ3n) is 7.41. The lowest BCUT2D eigenvalue weighted by Gasteiger charge is -2.31. The van der Waals surface area contributed by atoms with Crippen molar-refractivity contribution >= 4 is 29.3 Å². The highest BCUT2D eigenvalue weighted by Crippen LogP contribution is 2.33. The van der Waals surface area contributed by atoms with E-state index < -0.39 is 23.8 Å². The minimum Gasteiger partial charge on any atom is -0.347 e. The Morgan fingerprint density at radius 1 is 1.21 bits per heavy atom. The van der Waals surface area contributed by atoms with Gasteiger partial charge in [0.25, 0.3) is 5.56 Å². The maximum atomic E-state index is 14.0. The SMILES string of the molecule is O=c1c2c(nc(SCC3=CCCC(Cl)=C3)n1C1C=CC=CC1)CCN(C1=NC3C=CC(C(F)(F)F)=CC3N1)C2. The van der Waals surface area contributed by atoms with Crippen LogP contribution in [0.2, 0.25) is 0 Å². The molecule has 0 bridgehead atoms. The molecule has 11 heteroatoms. The standard InChI is InChI=1S/C28H27ClF3N5OS/c29-19-6-4-5-17(13-19)16-39-27-35-22-11-12-36(15-21(22)25(38)37(27)20-7-2-1-3-8-20)26-33-23-10-9-18(28(30,31)32)14-24(23)34-26/h1-3,5,7,9-10,13-14,20,23-24H,4,6,8,11-12,15-16H2,(H,33,34). The maximum Gasteiger partial charge on any atom is 0.416 e. The summed E-state index contributed by atoms with van der Waals surface area (Å²) in [6.45, 7) is 0.862.